The molecule has 0 saturated heterocycles. The van der Waals surface area contributed by atoms with Crippen LogP contribution in [0.2, 0.25) is 0 Å². The Hall–Kier alpha value is -1.63. The number of rotatable bonds is 8. The number of aryl methyl sites for hydroxylation is 1. The smallest absolute Gasteiger partial charge is 0.288 e. The minimum atomic E-state index is -0.421. The second-order valence-corrected chi connectivity index (χ2v) is 4.36. The van der Waals surface area contributed by atoms with E-state index in [1.54, 1.807) is 5.98 Å². The SMILES string of the molecule is Cc1ccc(C=CBC(=O)ON(CCO)CCO)cc1. The van der Waals surface area contributed by atoms with Gasteiger partial charge in [0.15, 0.2) is 0 Å². The standard InChI is InChI=1S/C14H20BNO4/c1-12-2-4-13(5-3-12)6-7-15-14(19)20-16(8-10-17)9-11-18/h2-7,15,17-18H,8-11H2,1H3. The third kappa shape index (κ3) is 6.52. The Balaban J connectivity index is 2.39. The summed E-state index contributed by atoms with van der Waals surface area (Å²) in [5.74, 6) is 1.30. The van der Waals surface area contributed by atoms with Crippen molar-refractivity contribution in [2.45, 2.75) is 6.92 Å². The van der Waals surface area contributed by atoms with Gasteiger partial charge in [0.1, 0.15) is 0 Å². The number of hydrogen-bond acceptors (Lipinski definition) is 5. The van der Waals surface area contributed by atoms with Crippen molar-refractivity contribution in [3.63, 3.8) is 0 Å². The number of benzene rings is 1. The first kappa shape index (κ1) is 16.4. The van der Waals surface area contributed by atoms with E-state index in [1.807, 2.05) is 37.3 Å². The van der Waals surface area contributed by atoms with Gasteiger partial charge in [0.2, 0.25) is 0 Å². The van der Waals surface area contributed by atoms with Crippen molar-refractivity contribution in [1.82, 2.24) is 5.06 Å². The molecule has 0 radical (unpaired) electrons. The van der Waals surface area contributed by atoms with Crippen LogP contribution in [0.3, 0.4) is 0 Å². The summed E-state index contributed by atoms with van der Waals surface area (Å²) in [7, 11) is 0.140. The fourth-order valence-electron chi connectivity index (χ4n) is 1.58. The first-order valence-electron chi connectivity index (χ1n) is 6.56. The van der Waals surface area contributed by atoms with Crippen molar-refractivity contribution in [1.29, 1.82) is 0 Å². The van der Waals surface area contributed by atoms with Gasteiger partial charge in [-0.2, -0.15) is 0 Å². The molecule has 0 aliphatic rings. The van der Waals surface area contributed by atoms with Crippen LogP contribution in [0.4, 0.5) is 4.79 Å². The Bertz CT molecular complexity index is 427. The number of hydroxylamine groups is 2. The number of aliphatic hydroxyl groups is 2. The van der Waals surface area contributed by atoms with E-state index in [-0.39, 0.29) is 33.6 Å². The summed E-state index contributed by atoms with van der Waals surface area (Å²) in [6.45, 7) is 2.13. The van der Waals surface area contributed by atoms with E-state index < -0.39 is 5.87 Å². The highest BCUT2D eigenvalue weighted by atomic mass is 16.7. The molecule has 6 heteroatoms. The Morgan fingerprint density at radius 2 is 1.85 bits per heavy atom. The van der Waals surface area contributed by atoms with Crippen LogP contribution in [0, 0.1) is 6.92 Å². The zero-order valence-electron chi connectivity index (χ0n) is 11.7. The minimum Gasteiger partial charge on any atom is -0.395 e. The molecule has 0 aliphatic heterocycles. The van der Waals surface area contributed by atoms with Crippen LogP contribution < -0.4 is 0 Å². The van der Waals surface area contributed by atoms with Crippen LogP contribution in [0.25, 0.3) is 6.08 Å². The van der Waals surface area contributed by atoms with Gasteiger partial charge < -0.3 is 15.1 Å². The molecule has 0 fully saturated rings. The Morgan fingerprint density at radius 3 is 2.40 bits per heavy atom. The molecule has 5 nitrogen and oxygen atoms in total. The molecule has 0 saturated carbocycles. The minimum absolute atomic E-state index is 0.132. The van der Waals surface area contributed by atoms with Crippen LogP contribution in [-0.4, -0.2) is 54.7 Å². The first-order chi connectivity index (χ1) is 9.65. The van der Waals surface area contributed by atoms with Crippen molar-refractivity contribution < 1.29 is 19.8 Å². The molecule has 0 bridgehead atoms. The molecule has 0 amide bonds. The normalized spacial score (nSPS) is 11.0. The average Bonchev–Trinajstić information content (AvgIpc) is 2.41. The van der Waals surface area contributed by atoms with Gasteiger partial charge in [0.25, 0.3) is 13.1 Å². The molecular weight excluding hydrogens is 257 g/mol. The first-order valence-corrected chi connectivity index (χ1v) is 6.56. The highest BCUT2D eigenvalue weighted by molar-refractivity contribution is 6.76. The van der Waals surface area contributed by atoms with Crippen molar-refractivity contribution >= 4 is 19.2 Å². The van der Waals surface area contributed by atoms with Crippen molar-refractivity contribution in [2.24, 2.45) is 0 Å². The molecule has 20 heavy (non-hydrogen) atoms. The lowest BCUT2D eigenvalue weighted by molar-refractivity contribution is -0.103. The number of nitrogens with zero attached hydrogens (tertiary/aromatic N) is 1. The lowest BCUT2D eigenvalue weighted by atomic mass is 9.78. The highest BCUT2D eigenvalue weighted by Gasteiger charge is 2.10. The maximum atomic E-state index is 11.6. The van der Waals surface area contributed by atoms with Gasteiger partial charge in [0, 0.05) is 0 Å². The van der Waals surface area contributed by atoms with Gasteiger partial charge >= 0.3 is 0 Å². The number of aliphatic hydroxyl groups excluding tert-OH is 2. The van der Waals surface area contributed by atoms with E-state index in [9.17, 15) is 4.79 Å². The molecule has 0 aromatic heterocycles. The maximum absolute atomic E-state index is 11.6. The monoisotopic (exact) mass is 277 g/mol. The molecule has 1 aromatic carbocycles. The van der Waals surface area contributed by atoms with Crippen LogP contribution >= 0.6 is 0 Å². The second-order valence-electron chi connectivity index (χ2n) is 4.36. The topological polar surface area (TPSA) is 70.0 Å². The van der Waals surface area contributed by atoms with E-state index in [0.717, 1.165) is 5.56 Å². The molecule has 1 aromatic rings. The maximum Gasteiger partial charge on any atom is 0.288 e. The van der Waals surface area contributed by atoms with Crippen LogP contribution in [0.15, 0.2) is 30.2 Å². The lowest BCUT2D eigenvalue weighted by Gasteiger charge is -2.18. The summed E-state index contributed by atoms with van der Waals surface area (Å²) >= 11 is 0. The number of carbonyl (C=O) groups excluding carboxylic acids is 1. The van der Waals surface area contributed by atoms with Gasteiger partial charge in [-0.3, -0.25) is 4.79 Å². The molecular formula is C14H20BNO4. The molecule has 0 aliphatic carbocycles. The Kier molecular flexibility index (Phi) is 7.64. The average molecular weight is 277 g/mol. The van der Waals surface area contributed by atoms with Gasteiger partial charge in [-0.1, -0.05) is 35.9 Å². The summed E-state index contributed by atoms with van der Waals surface area (Å²) in [4.78, 5) is 16.6. The fourth-order valence-corrected chi connectivity index (χ4v) is 1.58. The van der Waals surface area contributed by atoms with Gasteiger partial charge in [0.05, 0.1) is 26.3 Å². The molecule has 0 heterocycles. The third-order valence-electron chi connectivity index (χ3n) is 2.60. The van der Waals surface area contributed by atoms with E-state index in [2.05, 4.69) is 0 Å². The van der Waals surface area contributed by atoms with Crippen molar-refractivity contribution in [2.75, 3.05) is 26.3 Å². The molecule has 108 valence electrons. The Morgan fingerprint density at radius 1 is 1.25 bits per heavy atom. The summed E-state index contributed by atoms with van der Waals surface area (Å²) in [5.41, 5.74) is 2.20. The van der Waals surface area contributed by atoms with E-state index >= 15 is 0 Å². The summed E-state index contributed by atoms with van der Waals surface area (Å²) in [6, 6.07) is 7.95. The zero-order chi connectivity index (χ0) is 14.8. The summed E-state index contributed by atoms with van der Waals surface area (Å²) in [6.07, 6.45) is 1.85. The summed E-state index contributed by atoms with van der Waals surface area (Å²) < 4.78 is 0. The predicted octanol–water partition coefficient (Wildman–Crippen LogP) is 0.740. The van der Waals surface area contributed by atoms with Gasteiger partial charge in [-0.25, -0.2) is 0 Å². The molecule has 0 atom stereocenters. The highest BCUT2D eigenvalue weighted by Crippen LogP contribution is 2.04. The van der Waals surface area contributed by atoms with E-state index in [0.29, 0.717) is 0 Å². The van der Waals surface area contributed by atoms with Crippen LogP contribution in [0.5, 0.6) is 0 Å². The van der Waals surface area contributed by atoms with Crippen LogP contribution in [-0.2, 0) is 4.84 Å². The van der Waals surface area contributed by atoms with E-state index in [1.165, 1.54) is 10.6 Å². The largest absolute Gasteiger partial charge is 0.395 e. The van der Waals surface area contributed by atoms with Gasteiger partial charge in [-0.15, -0.1) is 11.0 Å². The lowest BCUT2D eigenvalue weighted by Crippen LogP contribution is -2.33. The predicted molar refractivity (Wildman–Crippen MR) is 79.6 cm³/mol. The number of hydrogen-bond donors (Lipinski definition) is 2. The molecule has 1 rings (SSSR count). The van der Waals surface area contributed by atoms with Crippen molar-refractivity contribution in [3.8, 4) is 0 Å². The fraction of sp³-hybridized carbons (Fsp3) is 0.357. The van der Waals surface area contributed by atoms with E-state index in [4.69, 9.17) is 15.1 Å². The van der Waals surface area contributed by atoms with Gasteiger partial charge in [-0.05, 0) is 12.5 Å². The molecule has 0 unspecified atom stereocenters. The quantitative estimate of drug-likeness (QED) is 0.542. The van der Waals surface area contributed by atoms with Crippen LogP contribution in [0.1, 0.15) is 11.1 Å². The van der Waals surface area contributed by atoms with Crippen molar-refractivity contribution in [3.05, 3.63) is 41.4 Å². The third-order valence-corrected chi connectivity index (χ3v) is 2.60. The molecule has 0 spiro atoms. The summed E-state index contributed by atoms with van der Waals surface area (Å²) in [5, 5.41) is 18.8. The number of carbonyl (C=O) groups is 1. The second kappa shape index (κ2) is 9.31. The zero-order valence-corrected chi connectivity index (χ0v) is 11.7. The molecule has 2 N–H and O–H groups in total. The Labute approximate surface area is 119 Å².